The average molecular weight is 334 g/mol. The van der Waals surface area contributed by atoms with Gasteiger partial charge in [-0.05, 0) is 36.4 Å². The van der Waals surface area contributed by atoms with Gasteiger partial charge in [-0.25, -0.2) is 12.8 Å². The summed E-state index contributed by atoms with van der Waals surface area (Å²) in [6.45, 7) is 0. The second kappa shape index (κ2) is 6.75. The molecule has 2 rings (SSSR count). The Morgan fingerprint density at radius 2 is 1.87 bits per heavy atom. The summed E-state index contributed by atoms with van der Waals surface area (Å²) in [5, 5.41) is 0. The van der Waals surface area contributed by atoms with Gasteiger partial charge in [0, 0.05) is 17.4 Å². The summed E-state index contributed by atoms with van der Waals surface area (Å²) in [6.07, 6.45) is 3.75. The molecule has 0 amide bonds. The Balaban J connectivity index is 2.28. The minimum Gasteiger partial charge on any atom is -0.496 e. The van der Waals surface area contributed by atoms with Gasteiger partial charge in [-0.15, -0.1) is 0 Å². The first kappa shape index (κ1) is 16.9. The van der Waals surface area contributed by atoms with E-state index < -0.39 is 26.3 Å². The molecule has 0 unspecified atom stereocenters. The lowest BCUT2D eigenvalue weighted by molar-refractivity contribution is 0.104. The standard InChI is InChI=1S/C17H15FO4S/c1-22-16-6-4-3-5-12(16)7-9-15(19)13-8-10-17(14(18)11-13)23(2,20)21/h3-11H,1-2H3. The molecule has 4 nitrogen and oxygen atoms in total. The van der Waals surface area contributed by atoms with Crippen LogP contribution in [-0.2, 0) is 9.84 Å². The topological polar surface area (TPSA) is 60.4 Å². The van der Waals surface area contributed by atoms with Crippen LogP contribution in [0.25, 0.3) is 6.08 Å². The fourth-order valence-corrected chi connectivity index (χ4v) is 2.75. The predicted octanol–water partition coefficient (Wildman–Crippen LogP) is 3.13. The number of halogens is 1. The van der Waals surface area contributed by atoms with E-state index in [1.807, 2.05) is 0 Å². The number of carbonyl (C=O) groups is 1. The maximum absolute atomic E-state index is 13.8. The molecule has 120 valence electrons. The Bertz CT molecular complexity index is 870. The summed E-state index contributed by atoms with van der Waals surface area (Å²) in [5.41, 5.74) is 0.776. The number of benzene rings is 2. The van der Waals surface area contributed by atoms with Crippen molar-refractivity contribution in [2.45, 2.75) is 4.90 Å². The van der Waals surface area contributed by atoms with Gasteiger partial charge in [0.25, 0.3) is 0 Å². The summed E-state index contributed by atoms with van der Waals surface area (Å²) in [7, 11) is -2.14. The van der Waals surface area contributed by atoms with Crippen LogP contribution in [0.5, 0.6) is 5.75 Å². The van der Waals surface area contributed by atoms with Gasteiger partial charge < -0.3 is 4.74 Å². The van der Waals surface area contributed by atoms with Gasteiger partial charge in [0.2, 0.25) is 0 Å². The zero-order valence-electron chi connectivity index (χ0n) is 12.6. The normalized spacial score (nSPS) is 11.6. The molecule has 0 N–H and O–H groups in total. The molecule has 23 heavy (non-hydrogen) atoms. The Hall–Kier alpha value is -2.47. The Kier molecular flexibility index (Phi) is 4.95. The third-order valence-corrected chi connectivity index (χ3v) is 4.30. The number of allylic oxidation sites excluding steroid dienone is 1. The fourth-order valence-electron chi connectivity index (χ4n) is 2.02. The number of ketones is 1. The summed E-state index contributed by atoms with van der Waals surface area (Å²) >= 11 is 0. The highest BCUT2D eigenvalue weighted by molar-refractivity contribution is 7.90. The Morgan fingerprint density at radius 3 is 2.48 bits per heavy atom. The zero-order valence-corrected chi connectivity index (χ0v) is 13.4. The molecule has 0 saturated carbocycles. The van der Waals surface area contributed by atoms with Crippen LogP contribution in [0.2, 0.25) is 0 Å². The minimum absolute atomic E-state index is 0.0704. The Labute approximate surface area is 134 Å². The molecule has 0 aliphatic heterocycles. The Morgan fingerprint density at radius 1 is 1.17 bits per heavy atom. The minimum atomic E-state index is -3.66. The van der Waals surface area contributed by atoms with Gasteiger partial charge in [-0.2, -0.15) is 0 Å². The van der Waals surface area contributed by atoms with E-state index in [2.05, 4.69) is 0 Å². The van der Waals surface area contributed by atoms with E-state index in [1.165, 1.54) is 19.3 Å². The van der Waals surface area contributed by atoms with E-state index in [-0.39, 0.29) is 5.56 Å². The number of para-hydroxylation sites is 1. The molecule has 0 spiro atoms. The third kappa shape index (κ3) is 4.04. The zero-order chi connectivity index (χ0) is 17.0. The summed E-state index contributed by atoms with van der Waals surface area (Å²) in [6, 6.07) is 10.4. The van der Waals surface area contributed by atoms with Crippen LogP contribution < -0.4 is 4.74 Å². The predicted molar refractivity (Wildman–Crippen MR) is 85.9 cm³/mol. The van der Waals surface area contributed by atoms with Gasteiger partial charge in [0.05, 0.1) is 7.11 Å². The highest BCUT2D eigenvalue weighted by atomic mass is 32.2. The van der Waals surface area contributed by atoms with Gasteiger partial charge in [-0.3, -0.25) is 4.79 Å². The van der Waals surface area contributed by atoms with Crippen molar-refractivity contribution in [3.05, 3.63) is 65.5 Å². The van der Waals surface area contributed by atoms with Crippen molar-refractivity contribution in [1.29, 1.82) is 0 Å². The maximum atomic E-state index is 13.8. The van der Waals surface area contributed by atoms with E-state index in [9.17, 15) is 17.6 Å². The molecule has 6 heteroatoms. The van der Waals surface area contributed by atoms with Crippen molar-refractivity contribution in [3.8, 4) is 5.75 Å². The summed E-state index contributed by atoms with van der Waals surface area (Å²) < 4.78 is 41.7. The molecule has 2 aromatic carbocycles. The molecule has 0 fully saturated rings. The van der Waals surface area contributed by atoms with Crippen LogP contribution in [0.1, 0.15) is 15.9 Å². The lowest BCUT2D eigenvalue weighted by atomic mass is 10.1. The molecule has 0 radical (unpaired) electrons. The van der Waals surface area contributed by atoms with E-state index in [0.29, 0.717) is 11.3 Å². The van der Waals surface area contributed by atoms with Crippen molar-refractivity contribution in [2.75, 3.05) is 13.4 Å². The van der Waals surface area contributed by atoms with Crippen molar-refractivity contribution >= 4 is 21.7 Å². The SMILES string of the molecule is COc1ccccc1C=CC(=O)c1ccc(S(C)(=O)=O)c(F)c1. The first-order chi connectivity index (χ1) is 10.8. The monoisotopic (exact) mass is 334 g/mol. The van der Waals surface area contributed by atoms with Crippen molar-refractivity contribution < 1.29 is 22.3 Å². The third-order valence-electron chi connectivity index (χ3n) is 3.17. The molecular formula is C17H15FO4S. The highest BCUT2D eigenvalue weighted by Crippen LogP contribution is 2.20. The summed E-state index contributed by atoms with van der Waals surface area (Å²) in [4.78, 5) is 11.7. The highest BCUT2D eigenvalue weighted by Gasteiger charge is 2.15. The van der Waals surface area contributed by atoms with Crippen LogP contribution in [0.15, 0.2) is 53.4 Å². The van der Waals surface area contributed by atoms with E-state index in [4.69, 9.17) is 4.74 Å². The largest absolute Gasteiger partial charge is 0.496 e. The molecule has 0 aromatic heterocycles. The smallest absolute Gasteiger partial charge is 0.185 e. The quantitative estimate of drug-likeness (QED) is 0.622. The van der Waals surface area contributed by atoms with Crippen molar-refractivity contribution in [3.63, 3.8) is 0 Å². The second-order valence-electron chi connectivity index (χ2n) is 4.86. The van der Waals surface area contributed by atoms with Gasteiger partial charge in [0.15, 0.2) is 15.6 Å². The van der Waals surface area contributed by atoms with Crippen LogP contribution in [0.4, 0.5) is 4.39 Å². The molecule has 0 aliphatic rings. The molecule has 0 bridgehead atoms. The van der Waals surface area contributed by atoms with Gasteiger partial charge >= 0.3 is 0 Å². The van der Waals surface area contributed by atoms with Crippen molar-refractivity contribution in [1.82, 2.24) is 0 Å². The number of hydrogen-bond donors (Lipinski definition) is 0. The van der Waals surface area contributed by atoms with E-state index in [1.54, 1.807) is 30.3 Å². The van der Waals surface area contributed by atoms with E-state index in [0.717, 1.165) is 18.4 Å². The number of hydrogen-bond acceptors (Lipinski definition) is 4. The molecule has 0 aliphatic carbocycles. The summed E-state index contributed by atoms with van der Waals surface area (Å²) in [5.74, 6) is -0.769. The number of rotatable bonds is 5. The lowest BCUT2D eigenvalue weighted by Gasteiger charge is -2.04. The number of sulfone groups is 1. The first-order valence-electron chi connectivity index (χ1n) is 6.68. The molecule has 0 saturated heterocycles. The molecule has 0 atom stereocenters. The van der Waals surface area contributed by atoms with E-state index >= 15 is 0 Å². The first-order valence-corrected chi connectivity index (χ1v) is 8.57. The average Bonchev–Trinajstić information content (AvgIpc) is 2.51. The molecule has 0 heterocycles. The second-order valence-corrected chi connectivity index (χ2v) is 6.84. The van der Waals surface area contributed by atoms with Gasteiger partial charge in [-0.1, -0.05) is 18.2 Å². The van der Waals surface area contributed by atoms with Crippen LogP contribution >= 0.6 is 0 Å². The van der Waals surface area contributed by atoms with Crippen molar-refractivity contribution in [2.24, 2.45) is 0 Å². The number of ether oxygens (including phenoxy) is 1. The number of carbonyl (C=O) groups excluding carboxylic acids is 1. The van der Waals surface area contributed by atoms with Crippen LogP contribution in [-0.4, -0.2) is 27.6 Å². The molecular weight excluding hydrogens is 319 g/mol. The van der Waals surface area contributed by atoms with Crippen LogP contribution in [0, 0.1) is 5.82 Å². The number of methoxy groups -OCH3 is 1. The lowest BCUT2D eigenvalue weighted by Crippen LogP contribution is -2.03. The van der Waals surface area contributed by atoms with Gasteiger partial charge in [0.1, 0.15) is 16.5 Å². The molecule has 2 aromatic rings. The maximum Gasteiger partial charge on any atom is 0.185 e. The van der Waals surface area contributed by atoms with Crippen LogP contribution in [0.3, 0.4) is 0 Å². The fraction of sp³-hybridized carbons (Fsp3) is 0.118.